The third-order valence-electron chi connectivity index (χ3n) is 2.35. The predicted octanol–water partition coefficient (Wildman–Crippen LogP) is 0.605. The molecular formula is C10H24NO2+. The standard InChI is InChI=1S/C10H24NO2/c1-5-9(12)7-11(3,4)8-10(13)6-2/h9-10,12-13H,5-8H2,1-4H3/q+1. The monoisotopic (exact) mass is 190 g/mol. The molecule has 0 spiro atoms. The molecule has 3 heteroatoms. The zero-order valence-electron chi connectivity index (χ0n) is 9.32. The Balaban J connectivity index is 3.92. The van der Waals surface area contributed by atoms with Crippen LogP contribution in [0.1, 0.15) is 26.7 Å². The van der Waals surface area contributed by atoms with E-state index in [0.717, 1.165) is 12.8 Å². The van der Waals surface area contributed by atoms with Crippen molar-refractivity contribution in [3.05, 3.63) is 0 Å². The molecule has 0 aromatic rings. The molecule has 13 heavy (non-hydrogen) atoms. The molecule has 0 fully saturated rings. The number of likely N-dealkylation sites (N-methyl/N-ethyl adjacent to an activating group) is 1. The van der Waals surface area contributed by atoms with Gasteiger partial charge < -0.3 is 14.7 Å². The van der Waals surface area contributed by atoms with Crippen LogP contribution < -0.4 is 0 Å². The van der Waals surface area contributed by atoms with E-state index >= 15 is 0 Å². The zero-order valence-corrected chi connectivity index (χ0v) is 9.32. The molecule has 80 valence electrons. The minimum atomic E-state index is -0.251. The lowest BCUT2D eigenvalue weighted by atomic mass is 10.2. The fourth-order valence-corrected chi connectivity index (χ4v) is 1.47. The minimum absolute atomic E-state index is 0.251. The number of aliphatic hydroxyl groups is 2. The molecule has 0 amide bonds. The van der Waals surface area contributed by atoms with Gasteiger partial charge in [-0.2, -0.15) is 0 Å². The molecular weight excluding hydrogens is 166 g/mol. The van der Waals surface area contributed by atoms with Crippen molar-refractivity contribution in [2.45, 2.75) is 38.9 Å². The Morgan fingerprint density at radius 2 is 1.23 bits per heavy atom. The maximum Gasteiger partial charge on any atom is 0.105 e. The first-order chi connectivity index (χ1) is 5.91. The van der Waals surface area contributed by atoms with Gasteiger partial charge in [-0.15, -0.1) is 0 Å². The normalized spacial score (nSPS) is 17.1. The summed E-state index contributed by atoms with van der Waals surface area (Å²) in [6.07, 6.45) is 1.06. The SMILES string of the molecule is CCC(O)C[N+](C)(C)CC(O)CC. The highest BCUT2D eigenvalue weighted by atomic mass is 16.3. The molecule has 0 aromatic heterocycles. The molecule has 0 aliphatic carbocycles. The highest BCUT2D eigenvalue weighted by molar-refractivity contribution is 4.54. The Hall–Kier alpha value is -0.120. The van der Waals surface area contributed by atoms with Crippen LogP contribution in [0, 0.1) is 0 Å². The molecule has 0 aliphatic rings. The van der Waals surface area contributed by atoms with Gasteiger partial charge in [0, 0.05) is 0 Å². The number of aliphatic hydroxyl groups excluding tert-OH is 2. The van der Waals surface area contributed by atoms with Crippen LogP contribution >= 0.6 is 0 Å². The smallest absolute Gasteiger partial charge is 0.105 e. The van der Waals surface area contributed by atoms with E-state index in [-0.39, 0.29) is 12.2 Å². The Morgan fingerprint density at radius 3 is 1.46 bits per heavy atom. The minimum Gasteiger partial charge on any atom is -0.387 e. The first-order valence-electron chi connectivity index (χ1n) is 5.09. The van der Waals surface area contributed by atoms with Crippen molar-refractivity contribution in [2.75, 3.05) is 27.2 Å². The third-order valence-corrected chi connectivity index (χ3v) is 2.35. The number of nitrogens with zero attached hydrogens (tertiary/aromatic N) is 1. The van der Waals surface area contributed by atoms with Crippen molar-refractivity contribution in [2.24, 2.45) is 0 Å². The Kier molecular flexibility index (Phi) is 5.53. The number of hydrogen-bond donors (Lipinski definition) is 2. The van der Waals surface area contributed by atoms with Gasteiger partial charge in [-0.3, -0.25) is 0 Å². The van der Waals surface area contributed by atoms with Crippen LogP contribution in [-0.4, -0.2) is 54.1 Å². The lowest BCUT2D eigenvalue weighted by molar-refractivity contribution is -0.896. The van der Waals surface area contributed by atoms with Gasteiger partial charge in [0.15, 0.2) is 0 Å². The predicted molar refractivity (Wildman–Crippen MR) is 54.4 cm³/mol. The summed E-state index contributed by atoms with van der Waals surface area (Å²) < 4.78 is 0.685. The first kappa shape index (κ1) is 12.9. The quantitative estimate of drug-likeness (QED) is 0.602. The van der Waals surface area contributed by atoms with E-state index in [9.17, 15) is 10.2 Å². The molecule has 0 heterocycles. The lowest BCUT2D eigenvalue weighted by Gasteiger charge is -2.33. The van der Waals surface area contributed by atoms with E-state index < -0.39 is 0 Å². The molecule has 2 atom stereocenters. The van der Waals surface area contributed by atoms with Gasteiger partial charge in [0.1, 0.15) is 25.3 Å². The van der Waals surface area contributed by atoms with E-state index in [1.807, 2.05) is 27.9 Å². The topological polar surface area (TPSA) is 40.5 Å². The van der Waals surface area contributed by atoms with E-state index in [0.29, 0.717) is 17.6 Å². The average Bonchev–Trinajstić information content (AvgIpc) is 2.02. The summed E-state index contributed by atoms with van der Waals surface area (Å²) in [4.78, 5) is 0. The van der Waals surface area contributed by atoms with Crippen LogP contribution in [0.15, 0.2) is 0 Å². The molecule has 0 radical (unpaired) electrons. The zero-order chi connectivity index (χ0) is 10.5. The highest BCUT2D eigenvalue weighted by Gasteiger charge is 2.22. The van der Waals surface area contributed by atoms with Crippen LogP contribution in [0.2, 0.25) is 0 Å². The first-order valence-corrected chi connectivity index (χ1v) is 5.09. The van der Waals surface area contributed by atoms with Gasteiger partial charge in [-0.05, 0) is 12.8 Å². The Morgan fingerprint density at radius 1 is 0.923 bits per heavy atom. The highest BCUT2D eigenvalue weighted by Crippen LogP contribution is 2.05. The Bertz CT molecular complexity index is 123. The largest absolute Gasteiger partial charge is 0.387 e. The van der Waals surface area contributed by atoms with Crippen LogP contribution in [-0.2, 0) is 0 Å². The van der Waals surface area contributed by atoms with Crippen molar-refractivity contribution in [3.8, 4) is 0 Å². The van der Waals surface area contributed by atoms with Crippen LogP contribution in [0.25, 0.3) is 0 Å². The van der Waals surface area contributed by atoms with Crippen LogP contribution in [0.3, 0.4) is 0 Å². The molecule has 0 saturated carbocycles. The molecule has 0 aliphatic heterocycles. The van der Waals surface area contributed by atoms with Crippen molar-refractivity contribution < 1.29 is 14.7 Å². The molecule has 0 aromatic carbocycles. The number of quaternary nitrogens is 1. The lowest BCUT2D eigenvalue weighted by Crippen LogP contribution is -2.49. The van der Waals surface area contributed by atoms with Crippen molar-refractivity contribution in [1.82, 2.24) is 0 Å². The van der Waals surface area contributed by atoms with Crippen LogP contribution in [0.4, 0.5) is 0 Å². The van der Waals surface area contributed by atoms with Gasteiger partial charge in [0.05, 0.1) is 14.1 Å². The fraction of sp³-hybridized carbons (Fsp3) is 1.00. The maximum atomic E-state index is 9.48. The molecule has 0 rings (SSSR count). The average molecular weight is 190 g/mol. The second-order valence-electron chi connectivity index (χ2n) is 4.43. The second-order valence-corrected chi connectivity index (χ2v) is 4.43. The van der Waals surface area contributed by atoms with E-state index in [2.05, 4.69) is 0 Å². The summed E-state index contributed by atoms with van der Waals surface area (Å²) in [6, 6.07) is 0. The summed E-state index contributed by atoms with van der Waals surface area (Å²) in [5.41, 5.74) is 0. The summed E-state index contributed by atoms with van der Waals surface area (Å²) in [5.74, 6) is 0. The van der Waals surface area contributed by atoms with Crippen molar-refractivity contribution in [3.63, 3.8) is 0 Å². The molecule has 2 N–H and O–H groups in total. The summed E-state index contributed by atoms with van der Waals surface area (Å²) in [5, 5.41) is 19.0. The van der Waals surface area contributed by atoms with Gasteiger partial charge in [0.2, 0.25) is 0 Å². The molecule has 2 unspecified atom stereocenters. The summed E-state index contributed by atoms with van der Waals surface area (Å²) in [6.45, 7) is 5.38. The van der Waals surface area contributed by atoms with E-state index in [4.69, 9.17) is 0 Å². The van der Waals surface area contributed by atoms with Gasteiger partial charge in [-0.1, -0.05) is 13.8 Å². The summed E-state index contributed by atoms with van der Waals surface area (Å²) in [7, 11) is 4.08. The third kappa shape index (κ3) is 6.02. The summed E-state index contributed by atoms with van der Waals surface area (Å²) >= 11 is 0. The van der Waals surface area contributed by atoms with Gasteiger partial charge in [0.25, 0.3) is 0 Å². The second kappa shape index (κ2) is 5.58. The molecule has 3 nitrogen and oxygen atoms in total. The van der Waals surface area contributed by atoms with Gasteiger partial charge >= 0.3 is 0 Å². The molecule has 0 saturated heterocycles. The molecule has 0 bridgehead atoms. The number of hydrogen-bond acceptors (Lipinski definition) is 2. The van der Waals surface area contributed by atoms with Crippen LogP contribution in [0.5, 0.6) is 0 Å². The number of rotatable bonds is 6. The van der Waals surface area contributed by atoms with E-state index in [1.165, 1.54) is 0 Å². The van der Waals surface area contributed by atoms with E-state index in [1.54, 1.807) is 0 Å². The van der Waals surface area contributed by atoms with Crippen molar-refractivity contribution >= 4 is 0 Å². The fourth-order valence-electron chi connectivity index (χ4n) is 1.47. The Labute approximate surface area is 81.6 Å². The maximum absolute atomic E-state index is 9.48. The van der Waals surface area contributed by atoms with Gasteiger partial charge in [-0.25, -0.2) is 0 Å². The van der Waals surface area contributed by atoms with Crippen molar-refractivity contribution in [1.29, 1.82) is 0 Å².